The zero-order chi connectivity index (χ0) is 22.2. The molecule has 0 radical (unpaired) electrons. The lowest BCUT2D eigenvalue weighted by atomic mass is 10.0. The Labute approximate surface area is 184 Å². The van der Waals surface area contributed by atoms with E-state index in [1.54, 1.807) is 0 Å². The first kappa shape index (κ1) is 22.1. The first-order chi connectivity index (χ1) is 14.1. The minimum absolute atomic E-state index is 0.0116. The highest BCUT2D eigenvalue weighted by molar-refractivity contribution is 8.00. The topological polar surface area (TPSA) is 187 Å². The summed E-state index contributed by atoms with van der Waals surface area (Å²) in [5.74, 6) is -4.48. The fraction of sp³-hybridized carbons (Fsp3) is 0.286. The number of amides is 2. The SMILES string of the molecule is Nc1nc(C(=NOCC(=O)O)C(=O)NC2C(=O)N3C(C(=O)[O-])=C(Cl)CS[C@H]23)c[s+]1Cl. The number of halogens is 2. The molecule has 0 bridgehead atoms. The number of thioether (sulfide) groups is 1. The number of fused-ring (bicyclic) bond motifs is 1. The van der Waals surface area contributed by atoms with Crippen LogP contribution in [0.15, 0.2) is 21.3 Å². The van der Waals surface area contributed by atoms with E-state index in [2.05, 4.69) is 20.3 Å². The summed E-state index contributed by atoms with van der Waals surface area (Å²) in [5.41, 5.74) is 4.64. The molecule has 2 aliphatic heterocycles. The predicted molar refractivity (Wildman–Crippen MR) is 105 cm³/mol. The number of carbonyl (C=O) groups is 4. The third kappa shape index (κ3) is 4.16. The van der Waals surface area contributed by atoms with Crippen molar-refractivity contribution < 1.29 is 34.2 Å². The van der Waals surface area contributed by atoms with Crippen LogP contribution >= 0.6 is 43.7 Å². The first-order valence-corrected chi connectivity index (χ1v) is 11.4. The van der Waals surface area contributed by atoms with Crippen molar-refractivity contribution in [1.29, 1.82) is 0 Å². The van der Waals surface area contributed by atoms with Gasteiger partial charge < -0.3 is 30.9 Å². The van der Waals surface area contributed by atoms with Crippen molar-refractivity contribution in [1.82, 2.24) is 15.2 Å². The number of nitrogens with two attached hydrogens (primary N) is 1. The lowest BCUT2D eigenvalue weighted by Gasteiger charge is -2.50. The molecular formula is C14H11Cl2N5O7S2. The van der Waals surface area contributed by atoms with Gasteiger partial charge in [-0.2, -0.15) is 4.98 Å². The molecule has 0 spiro atoms. The molecule has 0 aromatic carbocycles. The van der Waals surface area contributed by atoms with Gasteiger partial charge in [0.1, 0.15) is 21.1 Å². The number of oxime groups is 1. The summed E-state index contributed by atoms with van der Waals surface area (Å²) in [6.07, 6.45) is 0. The molecule has 0 saturated carbocycles. The third-order valence-corrected chi connectivity index (χ3v) is 7.26. The highest BCUT2D eigenvalue weighted by atomic mass is 35.7. The molecule has 2 unspecified atom stereocenters. The highest BCUT2D eigenvalue weighted by Gasteiger charge is 2.53. The van der Waals surface area contributed by atoms with Gasteiger partial charge >= 0.3 is 11.1 Å². The van der Waals surface area contributed by atoms with Crippen molar-refractivity contribution in [3.63, 3.8) is 0 Å². The van der Waals surface area contributed by atoms with Crippen molar-refractivity contribution in [2.24, 2.45) is 5.16 Å². The van der Waals surface area contributed by atoms with Crippen LogP contribution in [0, 0.1) is 0 Å². The van der Waals surface area contributed by atoms with E-state index < -0.39 is 62.9 Å². The maximum atomic E-state index is 12.7. The number of rotatable bonds is 7. The van der Waals surface area contributed by atoms with Crippen molar-refractivity contribution in [3.05, 3.63) is 21.8 Å². The molecule has 1 aromatic rings. The van der Waals surface area contributed by atoms with Crippen molar-refractivity contribution >= 4 is 78.3 Å². The Kier molecular flexibility index (Phi) is 6.40. The number of aliphatic carboxylic acids is 2. The second-order valence-corrected chi connectivity index (χ2v) is 9.53. The fourth-order valence-electron chi connectivity index (χ4n) is 2.59. The number of aromatic nitrogens is 1. The van der Waals surface area contributed by atoms with E-state index in [1.165, 1.54) is 5.38 Å². The Morgan fingerprint density at radius 1 is 1.53 bits per heavy atom. The predicted octanol–water partition coefficient (Wildman–Crippen LogP) is -1.18. The van der Waals surface area contributed by atoms with Gasteiger partial charge in [-0.05, 0) is 0 Å². The summed E-state index contributed by atoms with van der Waals surface area (Å²) >= 11 is 7.01. The van der Waals surface area contributed by atoms with Crippen molar-refractivity contribution in [2.75, 3.05) is 18.1 Å². The van der Waals surface area contributed by atoms with Crippen LogP contribution in [-0.4, -0.2) is 68.2 Å². The summed E-state index contributed by atoms with van der Waals surface area (Å²) in [7, 11) is 4.84. The van der Waals surface area contributed by atoms with E-state index in [1.807, 2.05) is 0 Å². The highest BCUT2D eigenvalue weighted by Crippen LogP contribution is 2.41. The Hall–Kier alpha value is -2.55. The largest absolute Gasteiger partial charge is 0.543 e. The van der Waals surface area contributed by atoms with Gasteiger partial charge in [-0.15, -0.1) is 11.8 Å². The second kappa shape index (κ2) is 8.67. The van der Waals surface area contributed by atoms with E-state index in [0.29, 0.717) is 0 Å². The third-order valence-electron chi connectivity index (χ3n) is 3.85. The number of nitrogen functional groups attached to an aromatic ring is 1. The normalized spacial score (nSPS) is 21.7. The molecule has 3 rings (SSSR count). The van der Waals surface area contributed by atoms with Crippen molar-refractivity contribution in [2.45, 2.75) is 11.4 Å². The molecule has 16 heteroatoms. The Morgan fingerprint density at radius 3 is 2.80 bits per heavy atom. The number of thiazole rings is 1. The molecule has 4 N–H and O–H groups in total. The van der Waals surface area contributed by atoms with Crippen LogP contribution < -0.4 is 16.2 Å². The Morgan fingerprint density at radius 2 is 2.23 bits per heavy atom. The van der Waals surface area contributed by atoms with Gasteiger partial charge in [-0.25, -0.2) is 4.79 Å². The van der Waals surface area contributed by atoms with Gasteiger partial charge in [0.25, 0.3) is 11.8 Å². The summed E-state index contributed by atoms with van der Waals surface area (Å²) in [5, 5.41) is 26.4. The average Bonchev–Trinajstić information content (AvgIpc) is 3.00. The standard InChI is InChI=1S/C14H11Cl2N5O7S2/c15-4-2-29-12-8(11(25)21(12)9(4)13(26)27)19-10(24)7(20-28-1-6(22)23)5-3-30(16)14(17)18-5/h3,8,12H,1-2H2,(H4-,17,18,19,22,23,24,26,27)/t8?,12-,30?/m1/s1. The van der Waals surface area contributed by atoms with Gasteiger partial charge in [-0.3, -0.25) is 14.5 Å². The molecule has 3 atom stereocenters. The number of hydrogen-bond donors (Lipinski definition) is 3. The van der Waals surface area contributed by atoms with Crippen LogP contribution in [-0.2, 0) is 24.0 Å². The molecule has 3 heterocycles. The van der Waals surface area contributed by atoms with Gasteiger partial charge in [0.2, 0.25) is 17.3 Å². The van der Waals surface area contributed by atoms with E-state index in [9.17, 15) is 24.3 Å². The Balaban J connectivity index is 1.80. The average molecular weight is 496 g/mol. The monoisotopic (exact) mass is 495 g/mol. The zero-order valence-electron chi connectivity index (χ0n) is 14.5. The lowest BCUT2D eigenvalue weighted by Crippen LogP contribution is -2.71. The molecule has 160 valence electrons. The quantitative estimate of drug-likeness (QED) is 0.179. The summed E-state index contributed by atoms with van der Waals surface area (Å²) in [4.78, 5) is 56.5. The Bertz CT molecular complexity index is 991. The molecule has 1 fully saturated rings. The van der Waals surface area contributed by atoms with E-state index in [0.717, 1.165) is 16.7 Å². The minimum Gasteiger partial charge on any atom is -0.543 e. The number of carboxylic acid groups (broad SMARTS) is 2. The number of anilines is 1. The van der Waals surface area contributed by atoms with Gasteiger partial charge in [-0.1, -0.05) is 16.8 Å². The minimum atomic E-state index is -1.61. The van der Waals surface area contributed by atoms with Crippen molar-refractivity contribution in [3.8, 4) is 0 Å². The molecule has 2 amide bonds. The summed E-state index contributed by atoms with van der Waals surface area (Å²) < 4.78 is 0. The van der Waals surface area contributed by atoms with Gasteiger partial charge in [0.05, 0.1) is 16.7 Å². The fourth-order valence-corrected chi connectivity index (χ4v) is 5.16. The maximum absolute atomic E-state index is 12.7. The van der Waals surface area contributed by atoms with Crippen LogP contribution in [0.5, 0.6) is 0 Å². The molecule has 2 aliphatic rings. The molecule has 0 aliphatic carbocycles. The number of carboxylic acids is 2. The number of hydrogen-bond acceptors (Lipinski definition) is 10. The van der Waals surface area contributed by atoms with Crippen LogP contribution in [0.3, 0.4) is 0 Å². The van der Waals surface area contributed by atoms with Crippen LogP contribution in [0.25, 0.3) is 0 Å². The first-order valence-electron chi connectivity index (χ1n) is 7.84. The lowest BCUT2D eigenvalue weighted by molar-refractivity contribution is -0.301. The van der Waals surface area contributed by atoms with E-state index >= 15 is 0 Å². The summed E-state index contributed by atoms with van der Waals surface area (Å²) in [6, 6.07) is -1.09. The number of nitrogens with one attached hydrogen (secondary N) is 1. The molecular weight excluding hydrogens is 485 g/mol. The number of β-lactam (4-membered cyclic amide) rings is 1. The van der Waals surface area contributed by atoms with Crippen LogP contribution in [0.4, 0.5) is 5.13 Å². The molecule has 12 nitrogen and oxygen atoms in total. The summed E-state index contributed by atoms with van der Waals surface area (Å²) in [6.45, 7) is -0.831. The second-order valence-electron chi connectivity index (χ2n) is 5.75. The number of nitrogens with zero attached hydrogens (tertiary/aromatic N) is 3. The van der Waals surface area contributed by atoms with E-state index in [4.69, 9.17) is 33.1 Å². The van der Waals surface area contributed by atoms with Gasteiger partial charge in [0.15, 0.2) is 16.8 Å². The zero-order valence-corrected chi connectivity index (χ0v) is 17.7. The van der Waals surface area contributed by atoms with Crippen LogP contribution in [0.1, 0.15) is 5.69 Å². The molecule has 30 heavy (non-hydrogen) atoms. The molecule has 1 aromatic heterocycles. The van der Waals surface area contributed by atoms with E-state index in [-0.39, 0.29) is 21.6 Å². The van der Waals surface area contributed by atoms with Gasteiger partial charge in [0, 0.05) is 5.75 Å². The molecule has 1 saturated heterocycles. The smallest absolute Gasteiger partial charge is 0.357 e. The number of carbonyl (C=O) groups excluding carboxylic acids is 3. The van der Waals surface area contributed by atoms with Crippen LogP contribution in [0.2, 0.25) is 0 Å². The maximum Gasteiger partial charge on any atom is 0.357 e.